The average molecular weight is 459 g/mol. The van der Waals surface area contributed by atoms with Gasteiger partial charge in [0, 0.05) is 39.1 Å². The highest BCUT2D eigenvalue weighted by Crippen LogP contribution is 2.23. The van der Waals surface area contributed by atoms with Gasteiger partial charge in [0.15, 0.2) is 0 Å². The van der Waals surface area contributed by atoms with Crippen LogP contribution < -0.4 is 4.72 Å². The maximum absolute atomic E-state index is 12.5. The summed E-state index contributed by atoms with van der Waals surface area (Å²) in [6.45, 7) is 5.66. The van der Waals surface area contributed by atoms with Crippen molar-refractivity contribution in [1.82, 2.24) is 19.5 Å². The Labute approximate surface area is 186 Å². The van der Waals surface area contributed by atoms with E-state index in [1.807, 2.05) is 30.0 Å². The van der Waals surface area contributed by atoms with Gasteiger partial charge in [-0.1, -0.05) is 29.8 Å². The summed E-state index contributed by atoms with van der Waals surface area (Å²) in [5.41, 5.74) is 2.03. The molecule has 0 aliphatic carbocycles. The van der Waals surface area contributed by atoms with E-state index >= 15 is 0 Å². The van der Waals surface area contributed by atoms with Crippen LogP contribution in [0.15, 0.2) is 53.4 Å². The lowest BCUT2D eigenvalue weighted by molar-refractivity contribution is -0.132. The number of carbonyl (C=O) groups excluding carboxylic acids is 1. The molecule has 164 valence electrons. The maximum atomic E-state index is 12.5. The normalized spacial score (nSPS) is 15.5. The molecule has 0 spiro atoms. The zero-order chi connectivity index (χ0) is 21.8. The molecule has 1 aromatic heterocycles. The Morgan fingerprint density at radius 2 is 1.77 bits per heavy atom. The van der Waals surface area contributed by atoms with Crippen LogP contribution in [0.2, 0.25) is 0 Å². The van der Waals surface area contributed by atoms with Crippen molar-refractivity contribution in [3.05, 3.63) is 59.1 Å². The van der Waals surface area contributed by atoms with Gasteiger partial charge in [-0.25, -0.2) is 18.1 Å². The Hall–Kier alpha value is -2.33. The third kappa shape index (κ3) is 5.48. The van der Waals surface area contributed by atoms with Gasteiger partial charge in [-0.15, -0.1) is 11.3 Å². The predicted molar refractivity (Wildman–Crippen MR) is 122 cm³/mol. The number of fused-ring (bicyclic) bond motifs is 1. The van der Waals surface area contributed by atoms with Crippen molar-refractivity contribution in [2.75, 3.05) is 32.7 Å². The molecular weight excluding hydrogens is 432 g/mol. The molecule has 3 aromatic rings. The molecule has 31 heavy (non-hydrogen) atoms. The third-order valence-electron chi connectivity index (χ3n) is 5.38. The number of hydrogen-bond donors (Lipinski definition) is 1. The van der Waals surface area contributed by atoms with E-state index in [0.717, 1.165) is 35.7 Å². The number of nitrogens with one attached hydrogen (secondary N) is 1. The highest BCUT2D eigenvalue weighted by molar-refractivity contribution is 7.89. The second kappa shape index (κ2) is 9.44. The summed E-state index contributed by atoms with van der Waals surface area (Å²) in [5, 5.41) is 1.09. The minimum atomic E-state index is -3.59. The fraction of sp³-hybridized carbons (Fsp3) is 0.364. The van der Waals surface area contributed by atoms with Crippen LogP contribution >= 0.6 is 11.3 Å². The van der Waals surface area contributed by atoms with Crippen molar-refractivity contribution in [2.45, 2.75) is 24.8 Å². The van der Waals surface area contributed by atoms with Crippen LogP contribution in [0, 0.1) is 6.92 Å². The van der Waals surface area contributed by atoms with Gasteiger partial charge in [0.05, 0.1) is 21.7 Å². The first kappa shape index (κ1) is 21.9. The first-order valence-electron chi connectivity index (χ1n) is 10.3. The van der Waals surface area contributed by atoms with Crippen molar-refractivity contribution in [3.8, 4) is 0 Å². The summed E-state index contributed by atoms with van der Waals surface area (Å²) in [5.74, 6) is -0.0220. The van der Waals surface area contributed by atoms with Crippen LogP contribution in [0.3, 0.4) is 0 Å². The fourth-order valence-electron chi connectivity index (χ4n) is 3.59. The van der Waals surface area contributed by atoms with Crippen molar-refractivity contribution < 1.29 is 13.2 Å². The Bertz CT molecular complexity index is 1120. The van der Waals surface area contributed by atoms with E-state index in [-0.39, 0.29) is 23.8 Å². The SMILES string of the molecule is Cc1ccc(S(=O)(=O)NCCC(=O)N2CCN(Cc3nc4ccccc4s3)CC2)cc1. The molecule has 0 atom stereocenters. The standard InChI is InChI=1S/C22H26N4O3S2/c1-17-6-8-18(9-7-17)31(28,29)23-11-10-22(27)26-14-12-25(13-15-26)16-21-24-19-4-2-3-5-20(19)30-21/h2-9,23H,10-16H2,1H3. The highest BCUT2D eigenvalue weighted by atomic mass is 32.2. The number of rotatable bonds is 7. The summed E-state index contributed by atoms with van der Waals surface area (Å²) < 4.78 is 28.4. The fourth-order valence-corrected chi connectivity index (χ4v) is 5.63. The summed E-state index contributed by atoms with van der Waals surface area (Å²) in [6, 6.07) is 14.8. The van der Waals surface area contributed by atoms with E-state index in [1.165, 1.54) is 4.70 Å². The second-order valence-electron chi connectivity index (χ2n) is 7.69. The molecule has 9 heteroatoms. The van der Waals surface area contributed by atoms with Gasteiger partial charge < -0.3 is 4.90 Å². The molecule has 1 amide bonds. The number of aromatic nitrogens is 1. The number of aryl methyl sites for hydroxylation is 1. The number of carbonyl (C=O) groups is 1. The summed E-state index contributed by atoms with van der Waals surface area (Å²) >= 11 is 1.71. The zero-order valence-electron chi connectivity index (χ0n) is 17.5. The quantitative estimate of drug-likeness (QED) is 0.589. The number of thiazole rings is 1. The number of amides is 1. The maximum Gasteiger partial charge on any atom is 0.240 e. The number of para-hydroxylation sites is 1. The number of benzene rings is 2. The molecule has 1 aliphatic rings. The van der Waals surface area contributed by atoms with E-state index < -0.39 is 10.0 Å². The summed E-state index contributed by atoms with van der Waals surface area (Å²) in [4.78, 5) is 21.5. The number of nitrogens with zero attached hydrogens (tertiary/aromatic N) is 3. The topological polar surface area (TPSA) is 82.6 Å². The zero-order valence-corrected chi connectivity index (χ0v) is 19.1. The van der Waals surface area contributed by atoms with E-state index in [1.54, 1.807) is 35.6 Å². The molecule has 1 N–H and O–H groups in total. The lowest BCUT2D eigenvalue weighted by Gasteiger charge is -2.34. The van der Waals surface area contributed by atoms with Crippen molar-refractivity contribution >= 4 is 37.5 Å². The van der Waals surface area contributed by atoms with Gasteiger partial charge in [0.25, 0.3) is 0 Å². The smallest absolute Gasteiger partial charge is 0.240 e. The molecule has 0 saturated carbocycles. The van der Waals surface area contributed by atoms with Crippen LogP contribution in [0.1, 0.15) is 17.0 Å². The molecule has 0 radical (unpaired) electrons. The lowest BCUT2D eigenvalue weighted by Crippen LogP contribution is -2.48. The van der Waals surface area contributed by atoms with Crippen molar-refractivity contribution in [3.63, 3.8) is 0 Å². The minimum absolute atomic E-state index is 0.0220. The van der Waals surface area contributed by atoms with Gasteiger partial charge in [0.2, 0.25) is 15.9 Å². The Kier molecular flexibility index (Phi) is 6.66. The number of sulfonamides is 1. The van der Waals surface area contributed by atoms with E-state index in [4.69, 9.17) is 0 Å². The van der Waals surface area contributed by atoms with Crippen molar-refractivity contribution in [2.24, 2.45) is 0 Å². The predicted octanol–water partition coefficient (Wildman–Crippen LogP) is 2.62. The second-order valence-corrected chi connectivity index (χ2v) is 10.6. The van der Waals surface area contributed by atoms with Gasteiger partial charge in [-0.05, 0) is 31.2 Å². The van der Waals surface area contributed by atoms with Crippen molar-refractivity contribution in [1.29, 1.82) is 0 Å². The number of hydrogen-bond acceptors (Lipinski definition) is 6. The lowest BCUT2D eigenvalue weighted by atomic mass is 10.2. The van der Waals surface area contributed by atoms with Crippen LogP contribution in [0.4, 0.5) is 0 Å². The van der Waals surface area contributed by atoms with Crippen LogP contribution in [-0.2, 0) is 21.4 Å². The van der Waals surface area contributed by atoms with E-state index in [0.29, 0.717) is 13.1 Å². The molecule has 4 rings (SSSR count). The van der Waals surface area contributed by atoms with E-state index in [9.17, 15) is 13.2 Å². The number of piperazine rings is 1. The Morgan fingerprint density at radius 3 is 2.48 bits per heavy atom. The monoisotopic (exact) mass is 458 g/mol. The average Bonchev–Trinajstić information content (AvgIpc) is 3.16. The van der Waals surface area contributed by atoms with Gasteiger partial charge in [-0.2, -0.15) is 0 Å². The van der Waals surface area contributed by atoms with Gasteiger partial charge in [0.1, 0.15) is 5.01 Å². The van der Waals surface area contributed by atoms with Crippen LogP contribution in [0.25, 0.3) is 10.2 Å². The molecule has 7 nitrogen and oxygen atoms in total. The minimum Gasteiger partial charge on any atom is -0.340 e. The first-order chi connectivity index (χ1) is 14.9. The Balaban J connectivity index is 1.22. The van der Waals surface area contributed by atoms with Gasteiger partial charge in [-0.3, -0.25) is 9.69 Å². The molecule has 2 heterocycles. The summed E-state index contributed by atoms with van der Waals surface area (Å²) in [7, 11) is -3.59. The summed E-state index contributed by atoms with van der Waals surface area (Å²) in [6.07, 6.45) is 0.156. The molecule has 1 fully saturated rings. The molecular formula is C22H26N4O3S2. The molecule has 2 aromatic carbocycles. The largest absolute Gasteiger partial charge is 0.340 e. The van der Waals surface area contributed by atoms with Gasteiger partial charge >= 0.3 is 0 Å². The molecule has 0 unspecified atom stereocenters. The highest BCUT2D eigenvalue weighted by Gasteiger charge is 2.22. The molecule has 1 aliphatic heterocycles. The Morgan fingerprint density at radius 1 is 1.06 bits per heavy atom. The molecule has 0 bridgehead atoms. The molecule has 1 saturated heterocycles. The first-order valence-corrected chi connectivity index (χ1v) is 12.6. The van der Waals surface area contributed by atoms with E-state index in [2.05, 4.69) is 20.7 Å². The third-order valence-corrected chi connectivity index (χ3v) is 7.88. The van der Waals surface area contributed by atoms with Crippen LogP contribution in [-0.4, -0.2) is 61.8 Å². The van der Waals surface area contributed by atoms with Crippen LogP contribution in [0.5, 0.6) is 0 Å².